The Morgan fingerprint density at radius 2 is 1.92 bits per heavy atom. The Hall–Kier alpha value is -2.08. The Labute approximate surface area is 155 Å². The first kappa shape index (κ1) is 20.2. The molecular formula is C20H30N2O4. The standard InChI is InChI=1S/C20H30N2O4/c1-3-11-22-12-9-16(10-13-22)14-18(19(23)25-2)21-20(24)26-15-17-7-5-4-6-8-17/h4-8,16,18H,3,9-15H2,1-2H3,(H,21,24). The number of esters is 1. The van der Waals surface area contributed by atoms with Crippen molar-refractivity contribution in [3.05, 3.63) is 35.9 Å². The van der Waals surface area contributed by atoms with Gasteiger partial charge in [0.15, 0.2) is 0 Å². The number of hydrogen-bond acceptors (Lipinski definition) is 5. The third kappa shape index (κ3) is 6.67. The van der Waals surface area contributed by atoms with Crippen LogP contribution in [0.1, 0.15) is 38.2 Å². The number of ether oxygens (including phenoxy) is 2. The van der Waals surface area contributed by atoms with Crippen LogP contribution < -0.4 is 5.32 Å². The van der Waals surface area contributed by atoms with Crippen LogP contribution in [0.15, 0.2) is 30.3 Å². The Morgan fingerprint density at radius 3 is 2.54 bits per heavy atom. The summed E-state index contributed by atoms with van der Waals surface area (Å²) < 4.78 is 10.1. The van der Waals surface area contributed by atoms with Crippen LogP contribution in [-0.4, -0.2) is 49.7 Å². The minimum Gasteiger partial charge on any atom is -0.467 e. The summed E-state index contributed by atoms with van der Waals surface area (Å²) in [4.78, 5) is 26.6. The Bertz CT molecular complexity index is 556. The van der Waals surface area contributed by atoms with E-state index in [1.54, 1.807) is 0 Å². The Balaban J connectivity index is 1.81. The summed E-state index contributed by atoms with van der Waals surface area (Å²) in [5.41, 5.74) is 0.903. The zero-order valence-electron chi connectivity index (χ0n) is 15.8. The topological polar surface area (TPSA) is 67.9 Å². The average molecular weight is 362 g/mol. The molecule has 1 atom stereocenters. The fourth-order valence-corrected chi connectivity index (χ4v) is 3.36. The summed E-state index contributed by atoms with van der Waals surface area (Å²) in [5.74, 6) is -0.0146. The molecule has 144 valence electrons. The zero-order chi connectivity index (χ0) is 18.8. The largest absolute Gasteiger partial charge is 0.467 e. The van der Waals surface area contributed by atoms with E-state index < -0.39 is 18.1 Å². The average Bonchev–Trinajstić information content (AvgIpc) is 2.67. The molecule has 26 heavy (non-hydrogen) atoms. The second-order valence-corrected chi connectivity index (χ2v) is 6.80. The number of carbonyl (C=O) groups is 2. The third-order valence-electron chi connectivity index (χ3n) is 4.81. The van der Waals surface area contributed by atoms with Gasteiger partial charge in [0, 0.05) is 0 Å². The molecule has 6 heteroatoms. The number of nitrogens with zero attached hydrogens (tertiary/aromatic N) is 1. The third-order valence-corrected chi connectivity index (χ3v) is 4.81. The molecule has 1 aliphatic heterocycles. The summed E-state index contributed by atoms with van der Waals surface area (Å²) >= 11 is 0. The second-order valence-electron chi connectivity index (χ2n) is 6.80. The molecule has 0 saturated carbocycles. The molecule has 6 nitrogen and oxygen atoms in total. The number of likely N-dealkylation sites (tertiary alicyclic amines) is 1. The molecular weight excluding hydrogens is 332 g/mol. The number of methoxy groups -OCH3 is 1. The fraction of sp³-hybridized carbons (Fsp3) is 0.600. The minimum absolute atomic E-state index is 0.177. The number of benzene rings is 1. The predicted octanol–water partition coefficient (Wildman–Crippen LogP) is 2.97. The number of piperidine rings is 1. The van der Waals surface area contributed by atoms with E-state index in [-0.39, 0.29) is 6.61 Å². The molecule has 0 aliphatic carbocycles. The number of nitrogens with one attached hydrogen (secondary N) is 1. The van der Waals surface area contributed by atoms with Crippen molar-refractivity contribution in [1.82, 2.24) is 10.2 Å². The van der Waals surface area contributed by atoms with Crippen molar-refractivity contribution in [2.75, 3.05) is 26.7 Å². The van der Waals surface area contributed by atoms with Gasteiger partial charge < -0.3 is 19.7 Å². The molecule has 1 aromatic rings. The molecule has 0 spiro atoms. The van der Waals surface area contributed by atoms with E-state index in [1.807, 2.05) is 30.3 Å². The highest BCUT2D eigenvalue weighted by Gasteiger charge is 2.28. The summed E-state index contributed by atoms with van der Waals surface area (Å²) in [7, 11) is 1.34. The highest BCUT2D eigenvalue weighted by molar-refractivity contribution is 5.81. The molecule has 1 aromatic carbocycles. The van der Waals surface area contributed by atoms with E-state index >= 15 is 0 Å². The van der Waals surface area contributed by atoms with Crippen molar-refractivity contribution < 1.29 is 19.1 Å². The predicted molar refractivity (Wildman–Crippen MR) is 99.6 cm³/mol. The highest BCUT2D eigenvalue weighted by Crippen LogP contribution is 2.22. The number of hydrogen-bond donors (Lipinski definition) is 1. The quantitative estimate of drug-likeness (QED) is 0.720. The van der Waals surface area contributed by atoms with Gasteiger partial charge in [0.05, 0.1) is 7.11 Å². The van der Waals surface area contributed by atoms with Gasteiger partial charge in [0.2, 0.25) is 0 Å². The van der Waals surface area contributed by atoms with Crippen molar-refractivity contribution in [2.45, 2.75) is 45.3 Å². The van der Waals surface area contributed by atoms with Crippen LogP contribution in [0.2, 0.25) is 0 Å². The lowest BCUT2D eigenvalue weighted by molar-refractivity contribution is -0.143. The molecule has 1 N–H and O–H groups in total. The zero-order valence-corrected chi connectivity index (χ0v) is 15.8. The van der Waals surface area contributed by atoms with E-state index in [0.717, 1.165) is 44.5 Å². The number of amides is 1. The van der Waals surface area contributed by atoms with E-state index in [0.29, 0.717) is 12.3 Å². The maximum absolute atomic E-state index is 12.1. The smallest absolute Gasteiger partial charge is 0.408 e. The SMILES string of the molecule is CCCN1CCC(CC(NC(=O)OCc2ccccc2)C(=O)OC)CC1. The lowest BCUT2D eigenvalue weighted by atomic mass is 9.90. The maximum Gasteiger partial charge on any atom is 0.408 e. The van der Waals surface area contributed by atoms with Crippen molar-refractivity contribution in [3.63, 3.8) is 0 Å². The lowest BCUT2D eigenvalue weighted by Crippen LogP contribution is -2.44. The molecule has 1 saturated heterocycles. The summed E-state index contributed by atoms with van der Waals surface area (Å²) in [5, 5.41) is 2.67. The van der Waals surface area contributed by atoms with E-state index in [4.69, 9.17) is 9.47 Å². The van der Waals surface area contributed by atoms with Gasteiger partial charge in [-0.05, 0) is 56.8 Å². The van der Waals surface area contributed by atoms with Gasteiger partial charge in [-0.2, -0.15) is 0 Å². The number of carbonyl (C=O) groups excluding carboxylic acids is 2. The van der Waals surface area contributed by atoms with Gasteiger partial charge in [-0.25, -0.2) is 9.59 Å². The first-order valence-corrected chi connectivity index (χ1v) is 9.39. The molecule has 1 aliphatic rings. The first-order chi connectivity index (χ1) is 12.6. The summed E-state index contributed by atoms with van der Waals surface area (Å²) in [6.07, 6.45) is 3.23. The maximum atomic E-state index is 12.1. The van der Waals surface area contributed by atoms with Crippen LogP contribution in [0.25, 0.3) is 0 Å². The molecule has 0 bridgehead atoms. The molecule has 0 aromatic heterocycles. The van der Waals surface area contributed by atoms with Gasteiger partial charge in [-0.1, -0.05) is 37.3 Å². The Morgan fingerprint density at radius 1 is 1.23 bits per heavy atom. The van der Waals surface area contributed by atoms with E-state index in [9.17, 15) is 9.59 Å². The van der Waals surface area contributed by atoms with Crippen LogP contribution >= 0.6 is 0 Å². The monoisotopic (exact) mass is 362 g/mol. The Kier molecular flexibility index (Phi) is 8.41. The van der Waals surface area contributed by atoms with Crippen LogP contribution in [0.4, 0.5) is 4.79 Å². The molecule has 0 radical (unpaired) electrons. The van der Waals surface area contributed by atoms with Crippen molar-refractivity contribution >= 4 is 12.1 Å². The van der Waals surface area contributed by atoms with E-state index in [2.05, 4.69) is 17.1 Å². The summed E-state index contributed by atoms with van der Waals surface area (Å²) in [6, 6.07) is 8.79. The van der Waals surface area contributed by atoms with Crippen molar-refractivity contribution in [3.8, 4) is 0 Å². The van der Waals surface area contributed by atoms with Crippen LogP contribution in [-0.2, 0) is 20.9 Å². The molecule has 1 unspecified atom stereocenters. The fourth-order valence-electron chi connectivity index (χ4n) is 3.36. The first-order valence-electron chi connectivity index (χ1n) is 9.39. The van der Waals surface area contributed by atoms with Crippen LogP contribution in [0.5, 0.6) is 0 Å². The molecule has 1 amide bonds. The van der Waals surface area contributed by atoms with Crippen molar-refractivity contribution in [2.24, 2.45) is 5.92 Å². The van der Waals surface area contributed by atoms with Gasteiger partial charge in [-0.3, -0.25) is 0 Å². The number of rotatable bonds is 8. The highest BCUT2D eigenvalue weighted by atomic mass is 16.6. The van der Waals surface area contributed by atoms with Gasteiger partial charge in [-0.15, -0.1) is 0 Å². The molecule has 2 rings (SSSR count). The van der Waals surface area contributed by atoms with Gasteiger partial charge >= 0.3 is 12.1 Å². The lowest BCUT2D eigenvalue weighted by Gasteiger charge is -2.33. The molecule has 1 fully saturated rings. The van der Waals surface area contributed by atoms with Crippen LogP contribution in [0.3, 0.4) is 0 Å². The normalized spacial score (nSPS) is 16.7. The summed E-state index contributed by atoms with van der Waals surface area (Å²) in [6.45, 7) is 5.58. The van der Waals surface area contributed by atoms with E-state index in [1.165, 1.54) is 7.11 Å². The minimum atomic E-state index is -0.661. The second kappa shape index (κ2) is 10.8. The van der Waals surface area contributed by atoms with Crippen LogP contribution in [0, 0.1) is 5.92 Å². The number of alkyl carbamates (subject to hydrolysis) is 1. The molecule has 1 heterocycles. The van der Waals surface area contributed by atoms with Crippen molar-refractivity contribution in [1.29, 1.82) is 0 Å². The van der Waals surface area contributed by atoms with Gasteiger partial charge in [0.1, 0.15) is 12.6 Å². The van der Waals surface area contributed by atoms with Gasteiger partial charge in [0.25, 0.3) is 0 Å².